The third-order valence-corrected chi connectivity index (χ3v) is 5.44. The Balaban J connectivity index is 4.07. The number of hydrogen-bond donors (Lipinski definition) is 2. The van der Waals surface area contributed by atoms with Gasteiger partial charge in [-0.25, -0.2) is 0 Å². The number of rotatable bonds is 9. The van der Waals surface area contributed by atoms with E-state index in [4.69, 9.17) is 0 Å². The zero-order valence-corrected chi connectivity index (χ0v) is 15.0. The summed E-state index contributed by atoms with van der Waals surface area (Å²) in [6.45, 7) is 11.6. The zero-order chi connectivity index (χ0) is 15.7. The average molecular weight is 321 g/mol. The third kappa shape index (κ3) is 9.53. The van der Waals surface area contributed by atoms with Crippen molar-refractivity contribution in [3.8, 4) is 0 Å². The van der Waals surface area contributed by atoms with Crippen LogP contribution in [0.3, 0.4) is 0 Å². The van der Waals surface area contributed by atoms with E-state index >= 15 is 0 Å². The van der Waals surface area contributed by atoms with E-state index in [0.717, 1.165) is 11.5 Å². The Hall–Kier alpha value is -0.360. The molecule has 0 saturated heterocycles. The fourth-order valence-corrected chi connectivity index (χ4v) is 4.45. The zero-order valence-electron chi connectivity index (χ0n) is 13.4. The highest BCUT2D eigenvalue weighted by atomic mass is 33.1. The lowest BCUT2D eigenvalue weighted by Gasteiger charge is -2.23. The molecular formula is C14H28N2O2S2. The Kier molecular flexibility index (Phi) is 10.2. The van der Waals surface area contributed by atoms with Crippen LogP contribution >= 0.6 is 21.6 Å². The van der Waals surface area contributed by atoms with E-state index in [1.807, 2.05) is 0 Å². The molecule has 20 heavy (non-hydrogen) atoms. The topological polar surface area (TPSA) is 58.2 Å². The smallest absolute Gasteiger partial charge is 0.217 e. The van der Waals surface area contributed by atoms with E-state index in [0.29, 0.717) is 11.8 Å². The molecule has 0 fully saturated rings. The molecule has 6 heteroatoms. The second-order valence-electron chi connectivity index (χ2n) is 5.67. The fraction of sp³-hybridized carbons (Fsp3) is 0.857. The number of hydrogen-bond acceptors (Lipinski definition) is 4. The highest BCUT2D eigenvalue weighted by Crippen LogP contribution is 2.26. The lowest BCUT2D eigenvalue weighted by molar-refractivity contribution is -0.120. The predicted octanol–water partition coefficient (Wildman–Crippen LogP) is 2.69. The minimum Gasteiger partial charge on any atom is -0.352 e. The molecule has 4 nitrogen and oxygen atoms in total. The largest absolute Gasteiger partial charge is 0.352 e. The molecule has 0 aromatic rings. The van der Waals surface area contributed by atoms with Crippen molar-refractivity contribution >= 4 is 33.4 Å². The second-order valence-corrected chi connectivity index (χ2v) is 8.22. The van der Waals surface area contributed by atoms with Gasteiger partial charge in [0.25, 0.3) is 0 Å². The van der Waals surface area contributed by atoms with E-state index < -0.39 is 0 Å². The van der Waals surface area contributed by atoms with E-state index in [9.17, 15) is 9.59 Å². The molecule has 0 bridgehead atoms. The van der Waals surface area contributed by atoms with Gasteiger partial charge in [0.05, 0.1) is 0 Å². The lowest BCUT2D eigenvalue weighted by Crippen LogP contribution is -2.39. The standard InChI is InChI=1S/C14H28N2O2S2/c1-9(2)13(15-11(5)17)7-19-20-8-14(10(3)4)16-12(6)18/h9-10,13-14H,7-8H2,1-6H3,(H,15,17)(H,16,18)/t13-,14-/m1/s1. The predicted molar refractivity (Wildman–Crippen MR) is 89.8 cm³/mol. The van der Waals surface area contributed by atoms with Gasteiger partial charge in [-0.2, -0.15) is 0 Å². The van der Waals surface area contributed by atoms with Gasteiger partial charge in [0.2, 0.25) is 11.8 Å². The van der Waals surface area contributed by atoms with E-state index in [-0.39, 0.29) is 23.9 Å². The van der Waals surface area contributed by atoms with Crippen LogP contribution in [-0.2, 0) is 9.59 Å². The van der Waals surface area contributed by atoms with Crippen molar-refractivity contribution in [1.29, 1.82) is 0 Å². The lowest BCUT2D eigenvalue weighted by atomic mass is 10.1. The van der Waals surface area contributed by atoms with Crippen LogP contribution in [0.1, 0.15) is 41.5 Å². The molecule has 118 valence electrons. The number of nitrogens with one attached hydrogen (secondary N) is 2. The van der Waals surface area contributed by atoms with Crippen molar-refractivity contribution in [2.45, 2.75) is 53.6 Å². The summed E-state index contributed by atoms with van der Waals surface area (Å²) in [4.78, 5) is 22.3. The van der Waals surface area contributed by atoms with Crippen molar-refractivity contribution in [1.82, 2.24) is 10.6 Å². The Labute approximate surface area is 131 Å². The van der Waals surface area contributed by atoms with Gasteiger partial charge in [-0.1, -0.05) is 49.3 Å². The minimum absolute atomic E-state index is 0.0209. The van der Waals surface area contributed by atoms with Crippen LogP contribution in [0.2, 0.25) is 0 Å². The van der Waals surface area contributed by atoms with Gasteiger partial charge in [0.1, 0.15) is 0 Å². The molecule has 0 saturated carbocycles. The van der Waals surface area contributed by atoms with Crippen LogP contribution in [0.5, 0.6) is 0 Å². The molecule has 0 aliphatic carbocycles. The van der Waals surface area contributed by atoms with Crippen LogP contribution in [0.4, 0.5) is 0 Å². The molecule has 0 radical (unpaired) electrons. The van der Waals surface area contributed by atoms with Gasteiger partial charge in [-0.05, 0) is 11.8 Å². The van der Waals surface area contributed by atoms with E-state index in [2.05, 4.69) is 38.3 Å². The van der Waals surface area contributed by atoms with Crippen molar-refractivity contribution in [2.75, 3.05) is 11.5 Å². The molecule has 0 aromatic carbocycles. The second kappa shape index (κ2) is 10.4. The molecule has 0 heterocycles. The molecule has 0 aliphatic heterocycles. The maximum absolute atomic E-state index is 11.1. The number of carbonyl (C=O) groups excluding carboxylic acids is 2. The van der Waals surface area contributed by atoms with Gasteiger partial charge in [-0.3, -0.25) is 9.59 Å². The summed E-state index contributed by atoms with van der Waals surface area (Å²) in [5, 5.41) is 5.96. The summed E-state index contributed by atoms with van der Waals surface area (Å²) >= 11 is 0. The first-order valence-corrected chi connectivity index (χ1v) is 9.51. The summed E-state index contributed by atoms with van der Waals surface area (Å²) in [5.41, 5.74) is 0. The van der Waals surface area contributed by atoms with Gasteiger partial charge in [0.15, 0.2) is 0 Å². The van der Waals surface area contributed by atoms with Gasteiger partial charge >= 0.3 is 0 Å². The molecule has 2 N–H and O–H groups in total. The first-order chi connectivity index (χ1) is 9.23. The highest BCUT2D eigenvalue weighted by Gasteiger charge is 2.17. The van der Waals surface area contributed by atoms with Crippen LogP contribution < -0.4 is 10.6 Å². The van der Waals surface area contributed by atoms with Crippen LogP contribution in [-0.4, -0.2) is 35.4 Å². The first-order valence-electron chi connectivity index (χ1n) is 7.02. The number of amides is 2. The van der Waals surface area contributed by atoms with Gasteiger partial charge < -0.3 is 10.6 Å². The Morgan fingerprint density at radius 2 is 1.10 bits per heavy atom. The molecule has 0 aromatic heterocycles. The molecule has 2 atom stereocenters. The van der Waals surface area contributed by atoms with Crippen molar-refractivity contribution in [3.05, 3.63) is 0 Å². The third-order valence-electron chi connectivity index (χ3n) is 2.97. The minimum atomic E-state index is 0.0209. The SMILES string of the molecule is CC(=O)N[C@H](CSSC[C@@H](NC(C)=O)C(C)C)C(C)C. The maximum atomic E-state index is 11.1. The summed E-state index contributed by atoms with van der Waals surface area (Å²) < 4.78 is 0. The quantitative estimate of drug-likeness (QED) is 0.506. The Bertz CT molecular complexity index is 280. The monoisotopic (exact) mass is 320 g/mol. The van der Waals surface area contributed by atoms with Gasteiger partial charge in [0, 0.05) is 37.4 Å². The van der Waals surface area contributed by atoms with Crippen LogP contribution in [0.25, 0.3) is 0 Å². The van der Waals surface area contributed by atoms with Gasteiger partial charge in [-0.15, -0.1) is 0 Å². The fourth-order valence-electron chi connectivity index (χ4n) is 1.57. The normalized spacial score (nSPS) is 14.2. The molecule has 0 aliphatic rings. The molecular weight excluding hydrogens is 292 g/mol. The summed E-state index contributed by atoms with van der Waals surface area (Å²) in [5.74, 6) is 2.64. The molecule has 2 amide bonds. The van der Waals surface area contributed by atoms with Crippen molar-refractivity contribution in [3.63, 3.8) is 0 Å². The van der Waals surface area contributed by atoms with Crippen molar-refractivity contribution < 1.29 is 9.59 Å². The average Bonchev–Trinajstić information content (AvgIpc) is 2.29. The maximum Gasteiger partial charge on any atom is 0.217 e. The molecule has 0 rings (SSSR count). The van der Waals surface area contributed by atoms with Crippen LogP contribution in [0.15, 0.2) is 0 Å². The summed E-state index contributed by atoms with van der Waals surface area (Å²) in [6.07, 6.45) is 0. The van der Waals surface area contributed by atoms with E-state index in [1.54, 1.807) is 35.4 Å². The first kappa shape index (κ1) is 19.6. The number of carbonyl (C=O) groups is 2. The molecule has 0 spiro atoms. The summed E-state index contributed by atoms with van der Waals surface area (Å²) in [7, 11) is 3.51. The Morgan fingerprint density at radius 3 is 1.30 bits per heavy atom. The summed E-state index contributed by atoms with van der Waals surface area (Å²) in [6, 6.07) is 0.395. The van der Waals surface area contributed by atoms with Crippen molar-refractivity contribution in [2.24, 2.45) is 11.8 Å². The molecule has 0 unspecified atom stereocenters. The van der Waals surface area contributed by atoms with E-state index in [1.165, 1.54) is 0 Å². The Morgan fingerprint density at radius 1 is 0.800 bits per heavy atom. The highest BCUT2D eigenvalue weighted by molar-refractivity contribution is 8.76. The van der Waals surface area contributed by atoms with Crippen LogP contribution in [0, 0.1) is 11.8 Å².